The van der Waals surface area contributed by atoms with Gasteiger partial charge in [0.15, 0.2) is 0 Å². The van der Waals surface area contributed by atoms with Crippen LogP contribution < -0.4 is 0 Å². The maximum atomic E-state index is 11.2. The molecule has 0 aliphatic carbocycles. The first-order valence-electron chi connectivity index (χ1n) is 1.91. The first-order valence-corrected chi connectivity index (χ1v) is 3.01. The van der Waals surface area contributed by atoms with Gasteiger partial charge in [-0.05, 0) is 9.05 Å². The summed E-state index contributed by atoms with van der Waals surface area (Å²) >= 11 is 0. The number of halogens is 3. The van der Waals surface area contributed by atoms with E-state index < -0.39 is 21.9 Å². The molecule has 0 aliphatic rings. The second kappa shape index (κ2) is 6.22. The van der Waals surface area contributed by atoms with Gasteiger partial charge in [-0.1, -0.05) is 0 Å². The molecule has 9 heavy (non-hydrogen) atoms. The number of alkyl halides is 1. The standard InChI is InChI=1S/C2H4F3O3P/c3-1-2-6-9(7-4)8-5/h1-2H2. The van der Waals surface area contributed by atoms with E-state index in [9.17, 15) is 13.4 Å². The van der Waals surface area contributed by atoms with E-state index in [0.29, 0.717) is 0 Å². The number of rotatable bonds is 5. The monoisotopic (exact) mass is 164 g/mol. The summed E-state index contributed by atoms with van der Waals surface area (Å²) in [6.45, 7) is -1.29. The Bertz CT molecular complexity index is 61.0. The first kappa shape index (κ1) is 9.10. The van der Waals surface area contributed by atoms with Crippen LogP contribution in [0.25, 0.3) is 0 Å². The molecule has 0 rings (SSSR count). The summed E-state index contributed by atoms with van der Waals surface area (Å²) in [4.78, 5) is 0. The van der Waals surface area contributed by atoms with Gasteiger partial charge in [-0.3, -0.25) is 0 Å². The summed E-state index contributed by atoms with van der Waals surface area (Å²) in [7, 11) is -2.64. The summed E-state index contributed by atoms with van der Waals surface area (Å²) in [5.41, 5.74) is 0. The highest BCUT2D eigenvalue weighted by atomic mass is 31.2. The van der Waals surface area contributed by atoms with Gasteiger partial charge in [-0.15, -0.1) is 9.46 Å². The van der Waals surface area contributed by atoms with E-state index in [0.717, 1.165) is 0 Å². The van der Waals surface area contributed by atoms with Gasteiger partial charge in [-0.25, -0.2) is 4.39 Å². The van der Waals surface area contributed by atoms with Gasteiger partial charge in [0.2, 0.25) is 0 Å². The molecule has 7 heteroatoms. The molecule has 0 bridgehead atoms. The van der Waals surface area contributed by atoms with Gasteiger partial charge in [-0.2, -0.15) is 0 Å². The predicted octanol–water partition coefficient (Wildman–Crippen LogP) is 2.00. The average molecular weight is 164 g/mol. The average Bonchev–Trinajstić information content (AvgIpc) is 1.91. The van der Waals surface area contributed by atoms with Crippen LogP contribution in [0, 0.1) is 0 Å². The van der Waals surface area contributed by atoms with Gasteiger partial charge in [0.25, 0.3) is 0 Å². The first-order chi connectivity index (χ1) is 4.35. The maximum Gasteiger partial charge on any atom is 0.403 e. The third-order valence-corrected chi connectivity index (χ3v) is 1.01. The van der Waals surface area contributed by atoms with Crippen LogP contribution in [0.5, 0.6) is 0 Å². The SMILES string of the molecule is FCCOP(OF)OF. The van der Waals surface area contributed by atoms with Crippen molar-refractivity contribution in [2.24, 2.45) is 0 Å². The Morgan fingerprint density at radius 1 is 1.22 bits per heavy atom. The molecular formula is C2H4F3O3P. The third kappa shape index (κ3) is 4.59. The van der Waals surface area contributed by atoms with Gasteiger partial charge in [0.05, 0.1) is 6.61 Å². The van der Waals surface area contributed by atoms with E-state index in [2.05, 4.69) is 14.0 Å². The summed E-state index contributed by atoms with van der Waals surface area (Å²) in [5, 5.41) is 0. The Morgan fingerprint density at radius 3 is 2.11 bits per heavy atom. The van der Waals surface area contributed by atoms with Crippen molar-refractivity contribution >= 4 is 8.60 Å². The minimum Gasteiger partial charge on any atom is -0.306 e. The largest absolute Gasteiger partial charge is 0.403 e. The number of hydrogen-bond acceptors (Lipinski definition) is 3. The normalized spacial score (nSPS) is 10.7. The zero-order valence-electron chi connectivity index (χ0n) is 4.22. The fraction of sp³-hybridized carbons (Fsp3) is 1.00. The molecule has 0 fully saturated rings. The van der Waals surface area contributed by atoms with Crippen molar-refractivity contribution in [1.29, 1.82) is 0 Å². The van der Waals surface area contributed by atoms with Crippen LogP contribution >= 0.6 is 8.60 Å². The molecule has 3 nitrogen and oxygen atoms in total. The number of hydrogen-bond donors (Lipinski definition) is 0. The Kier molecular flexibility index (Phi) is 6.29. The lowest BCUT2D eigenvalue weighted by molar-refractivity contribution is -0.0960. The molecule has 0 saturated heterocycles. The fourth-order valence-electron chi connectivity index (χ4n) is 0.160. The summed E-state index contributed by atoms with van der Waals surface area (Å²) < 4.78 is 42.5. The van der Waals surface area contributed by atoms with Crippen LogP contribution in [-0.2, 0) is 14.0 Å². The van der Waals surface area contributed by atoms with Gasteiger partial charge in [0, 0.05) is 0 Å². The van der Waals surface area contributed by atoms with Crippen molar-refractivity contribution in [3.8, 4) is 0 Å². The predicted molar refractivity (Wildman–Crippen MR) is 23.2 cm³/mol. The molecule has 0 amide bonds. The molecule has 0 aromatic rings. The van der Waals surface area contributed by atoms with E-state index in [-0.39, 0.29) is 0 Å². The molecule has 0 aromatic heterocycles. The highest BCUT2D eigenvalue weighted by Crippen LogP contribution is 2.39. The van der Waals surface area contributed by atoms with Gasteiger partial charge >= 0.3 is 8.60 Å². The maximum absolute atomic E-state index is 11.2. The fourth-order valence-corrected chi connectivity index (χ4v) is 0.479. The Hall–Kier alpha value is 0.1000. The van der Waals surface area contributed by atoms with Gasteiger partial charge in [0.1, 0.15) is 6.67 Å². The van der Waals surface area contributed by atoms with Crippen molar-refractivity contribution in [3.05, 3.63) is 0 Å². The van der Waals surface area contributed by atoms with Crippen LogP contribution in [0.3, 0.4) is 0 Å². The summed E-state index contributed by atoms with van der Waals surface area (Å²) in [5.74, 6) is 0. The molecule has 0 unspecified atom stereocenters. The summed E-state index contributed by atoms with van der Waals surface area (Å²) in [6, 6.07) is 0. The zero-order chi connectivity index (χ0) is 7.11. The van der Waals surface area contributed by atoms with E-state index in [1.807, 2.05) is 0 Å². The lowest BCUT2D eigenvalue weighted by Gasteiger charge is -2.01. The van der Waals surface area contributed by atoms with E-state index >= 15 is 0 Å². The smallest absolute Gasteiger partial charge is 0.306 e. The van der Waals surface area contributed by atoms with Crippen LogP contribution in [0.4, 0.5) is 13.4 Å². The van der Waals surface area contributed by atoms with Crippen molar-refractivity contribution in [1.82, 2.24) is 0 Å². The molecule has 0 aromatic carbocycles. The molecule has 0 radical (unpaired) electrons. The minimum atomic E-state index is -2.64. The second-order valence-electron chi connectivity index (χ2n) is 0.884. The van der Waals surface area contributed by atoms with Crippen molar-refractivity contribution in [2.75, 3.05) is 13.3 Å². The zero-order valence-corrected chi connectivity index (χ0v) is 5.11. The Balaban J connectivity index is 3.09. The molecular weight excluding hydrogens is 160 g/mol. The topological polar surface area (TPSA) is 27.7 Å². The molecule has 0 atom stereocenters. The molecule has 0 N–H and O–H groups in total. The van der Waals surface area contributed by atoms with Crippen LogP contribution in [0.1, 0.15) is 0 Å². The highest BCUT2D eigenvalue weighted by molar-refractivity contribution is 7.41. The quantitative estimate of drug-likeness (QED) is 0.581. The Morgan fingerprint density at radius 2 is 1.78 bits per heavy atom. The van der Waals surface area contributed by atoms with E-state index in [1.165, 1.54) is 0 Å². The van der Waals surface area contributed by atoms with E-state index in [4.69, 9.17) is 0 Å². The van der Waals surface area contributed by atoms with Gasteiger partial charge < -0.3 is 4.52 Å². The third-order valence-electron chi connectivity index (χ3n) is 0.387. The molecule has 0 aliphatic heterocycles. The second-order valence-corrected chi connectivity index (χ2v) is 1.87. The highest BCUT2D eigenvalue weighted by Gasteiger charge is 2.12. The lowest BCUT2D eigenvalue weighted by atomic mass is 10.9. The van der Waals surface area contributed by atoms with E-state index in [1.54, 1.807) is 0 Å². The van der Waals surface area contributed by atoms with Crippen molar-refractivity contribution in [2.45, 2.75) is 0 Å². The lowest BCUT2D eigenvalue weighted by Crippen LogP contribution is -1.90. The van der Waals surface area contributed by atoms with Crippen LogP contribution in [-0.4, -0.2) is 13.3 Å². The molecule has 0 heterocycles. The van der Waals surface area contributed by atoms with Crippen molar-refractivity contribution < 1.29 is 27.4 Å². The van der Waals surface area contributed by atoms with Crippen LogP contribution in [0.15, 0.2) is 0 Å². The molecule has 0 spiro atoms. The minimum absolute atomic E-state index is 0.445. The Labute approximate surface area is 50.5 Å². The summed E-state index contributed by atoms with van der Waals surface area (Å²) in [6.07, 6.45) is 0. The molecule has 56 valence electrons. The molecule has 0 saturated carbocycles. The van der Waals surface area contributed by atoms with Crippen molar-refractivity contribution in [3.63, 3.8) is 0 Å². The van der Waals surface area contributed by atoms with Crippen LogP contribution in [0.2, 0.25) is 0 Å².